The number of nitrogens with zero attached hydrogens (tertiary/aromatic N) is 3. The third-order valence-electron chi connectivity index (χ3n) is 2.44. The van der Waals surface area contributed by atoms with Gasteiger partial charge in [-0.3, -0.25) is 10.1 Å². The van der Waals surface area contributed by atoms with Gasteiger partial charge in [0.05, 0.1) is 10.6 Å². The second-order valence-electron chi connectivity index (χ2n) is 3.81. The molecule has 1 aromatic carbocycles. The van der Waals surface area contributed by atoms with Gasteiger partial charge in [-0.25, -0.2) is 18.2 Å². The van der Waals surface area contributed by atoms with E-state index in [4.69, 9.17) is 0 Å². The maximum absolute atomic E-state index is 13.5. The lowest BCUT2D eigenvalue weighted by atomic mass is 10.2. The van der Waals surface area contributed by atoms with Crippen LogP contribution >= 0.6 is 0 Å². The van der Waals surface area contributed by atoms with E-state index in [1.807, 2.05) is 0 Å². The van der Waals surface area contributed by atoms with E-state index < -0.39 is 39.6 Å². The van der Waals surface area contributed by atoms with E-state index in [0.717, 1.165) is 6.20 Å². The average Bonchev–Trinajstić information content (AvgIpc) is 2.43. The summed E-state index contributed by atoms with van der Waals surface area (Å²) < 4.78 is 39.8. The van der Waals surface area contributed by atoms with Crippen LogP contribution in [0.4, 0.5) is 36.3 Å². The minimum Gasteiger partial charge on any atom is -0.357 e. The molecule has 1 aromatic heterocycles. The Morgan fingerprint density at radius 2 is 2.00 bits per heavy atom. The van der Waals surface area contributed by atoms with E-state index in [0.29, 0.717) is 12.1 Å². The zero-order chi connectivity index (χ0) is 15.6. The molecule has 0 aliphatic heterocycles. The summed E-state index contributed by atoms with van der Waals surface area (Å²) in [5.74, 6) is -4.23. The van der Waals surface area contributed by atoms with Crippen LogP contribution in [0.1, 0.15) is 0 Å². The highest BCUT2D eigenvalue weighted by Gasteiger charge is 2.20. The summed E-state index contributed by atoms with van der Waals surface area (Å²) in [6, 6.07) is 1.01. The Bertz CT molecular complexity index is 710. The van der Waals surface area contributed by atoms with E-state index in [1.165, 1.54) is 7.05 Å². The van der Waals surface area contributed by atoms with E-state index in [9.17, 15) is 23.3 Å². The van der Waals surface area contributed by atoms with Crippen molar-refractivity contribution in [3.8, 4) is 0 Å². The molecule has 0 unspecified atom stereocenters. The Kier molecular flexibility index (Phi) is 3.87. The van der Waals surface area contributed by atoms with Gasteiger partial charge in [-0.05, 0) is 0 Å². The van der Waals surface area contributed by atoms with Crippen LogP contribution in [0.2, 0.25) is 0 Å². The monoisotopic (exact) mass is 299 g/mol. The van der Waals surface area contributed by atoms with Crippen LogP contribution in [0, 0.1) is 27.6 Å². The van der Waals surface area contributed by atoms with Gasteiger partial charge in [0.25, 0.3) is 0 Å². The fourth-order valence-corrected chi connectivity index (χ4v) is 1.50. The SMILES string of the molecule is CNc1ncc([N+](=O)[O-])c(Nc2cc(F)cc(F)c2F)n1. The maximum Gasteiger partial charge on any atom is 0.329 e. The van der Waals surface area contributed by atoms with Crippen molar-refractivity contribution >= 4 is 23.1 Å². The lowest BCUT2D eigenvalue weighted by Crippen LogP contribution is -2.06. The summed E-state index contributed by atoms with van der Waals surface area (Å²) in [4.78, 5) is 17.4. The Hall–Kier alpha value is -2.91. The Labute approximate surface area is 116 Å². The van der Waals surface area contributed by atoms with Crippen LogP contribution in [0.25, 0.3) is 0 Å². The quantitative estimate of drug-likeness (QED) is 0.512. The predicted molar refractivity (Wildman–Crippen MR) is 67.8 cm³/mol. The van der Waals surface area contributed by atoms with E-state index in [2.05, 4.69) is 20.6 Å². The molecule has 0 saturated carbocycles. The molecule has 2 rings (SSSR count). The zero-order valence-corrected chi connectivity index (χ0v) is 10.5. The molecule has 0 aliphatic carbocycles. The third kappa shape index (κ3) is 2.99. The standard InChI is InChI=1S/C11H8F3N5O2/c1-15-11-16-4-8(19(20)21)10(18-11)17-7-3-5(12)2-6(13)9(7)14/h2-4H,1H3,(H2,15,16,17,18). The number of benzene rings is 1. The first-order valence-electron chi connectivity index (χ1n) is 5.53. The average molecular weight is 299 g/mol. The summed E-state index contributed by atoms with van der Waals surface area (Å²) >= 11 is 0. The van der Waals surface area contributed by atoms with Gasteiger partial charge in [0.2, 0.25) is 11.8 Å². The van der Waals surface area contributed by atoms with Gasteiger partial charge >= 0.3 is 5.69 Å². The fourth-order valence-electron chi connectivity index (χ4n) is 1.50. The number of hydrogen-bond donors (Lipinski definition) is 2. The number of aromatic nitrogens is 2. The lowest BCUT2D eigenvalue weighted by Gasteiger charge is -2.09. The molecule has 2 aromatic rings. The molecule has 21 heavy (non-hydrogen) atoms. The molecule has 0 saturated heterocycles. The van der Waals surface area contributed by atoms with Crippen molar-refractivity contribution in [1.82, 2.24) is 9.97 Å². The molecular formula is C11H8F3N5O2. The number of nitro groups is 1. The molecule has 2 N–H and O–H groups in total. The van der Waals surface area contributed by atoms with Gasteiger partial charge in [0, 0.05) is 19.2 Å². The second-order valence-corrected chi connectivity index (χ2v) is 3.81. The molecule has 10 heteroatoms. The molecule has 7 nitrogen and oxygen atoms in total. The summed E-state index contributed by atoms with van der Waals surface area (Å²) in [6.07, 6.45) is 0.884. The lowest BCUT2D eigenvalue weighted by molar-refractivity contribution is -0.384. The second kappa shape index (κ2) is 5.61. The number of halogens is 3. The highest BCUT2D eigenvalue weighted by Crippen LogP contribution is 2.28. The largest absolute Gasteiger partial charge is 0.357 e. The summed E-state index contributed by atoms with van der Waals surface area (Å²) in [5.41, 5.74) is -1.19. The van der Waals surface area contributed by atoms with Crippen molar-refractivity contribution in [2.75, 3.05) is 17.7 Å². The highest BCUT2D eigenvalue weighted by atomic mass is 19.2. The smallest absolute Gasteiger partial charge is 0.329 e. The van der Waals surface area contributed by atoms with Crippen molar-refractivity contribution in [2.24, 2.45) is 0 Å². The minimum absolute atomic E-state index is 0.0142. The van der Waals surface area contributed by atoms with Crippen molar-refractivity contribution < 1.29 is 18.1 Å². The van der Waals surface area contributed by atoms with Gasteiger partial charge in [-0.2, -0.15) is 4.98 Å². The number of anilines is 3. The molecule has 0 amide bonds. The van der Waals surface area contributed by atoms with Crippen LogP contribution in [0.3, 0.4) is 0 Å². The van der Waals surface area contributed by atoms with Crippen LogP contribution in [-0.4, -0.2) is 21.9 Å². The molecule has 0 bridgehead atoms. The Morgan fingerprint density at radius 3 is 2.62 bits per heavy atom. The molecule has 110 valence electrons. The van der Waals surface area contributed by atoms with Crippen LogP contribution in [0.15, 0.2) is 18.3 Å². The normalized spacial score (nSPS) is 10.3. The summed E-state index contributed by atoms with van der Waals surface area (Å²) in [6.45, 7) is 0. The van der Waals surface area contributed by atoms with Crippen LogP contribution in [0.5, 0.6) is 0 Å². The van der Waals surface area contributed by atoms with Crippen molar-refractivity contribution in [2.45, 2.75) is 0 Å². The molecule has 0 spiro atoms. The maximum atomic E-state index is 13.5. The minimum atomic E-state index is -1.43. The number of hydrogen-bond acceptors (Lipinski definition) is 6. The molecule has 1 heterocycles. The van der Waals surface area contributed by atoms with Gasteiger partial charge in [-0.15, -0.1) is 0 Å². The third-order valence-corrected chi connectivity index (χ3v) is 2.44. The Balaban J connectivity index is 2.50. The Morgan fingerprint density at radius 1 is 1.29 bits per heavy atom. The first-order valence-corrected chi connectivity index (χ1v) is 5.53. The highest BCUT2D eigenvalue weighted by molar-refractivity contribution is 5.66. The molecule has 0 atom stereocenters. The molecule has 0 fully saturated rings. The summed E-state index contributed by atoms with van der Waals surface area (Å²) in [7, 11) is 1.47. The van der Waals surface area contributed by atoms with E-state index in [-0.39, 0.29) is 5.95 Å². The predicted octanol–water partition coefficient (Wildman–Crippen LogP) is 2.59. The van der Waals surface area contributed by atoms with Gasteiger partial charge in [-0.1, -0.05) is 0 Å². The van der Waals surface area contributed by atoms with E-state index in [1.54, 1.807) is 0 Å². The number of nitrogens with one attached hydrogen (secondary N) is 2. The van der Waals surface area contributed by atoms with Crippen LogP contribution < -0.4 is 10.6 Å². The molecule has 0 aliphatic rings. The summed E-state index contributed by atoms with van der Waals surface area (Å²) in [5, 5.41) is 15.6. The molecular weight excluding hydrogens is 291 g/mol. The first-order chi connectivity index (χ1) is 9.92. The van der Waals surface area contributed by atoms with Crippen molar-refractivity contribution in [3.05, 3.63) is 45.9 Å². The topological polar surface area (TPSA) is 93.0 Å². The van der Waals surface area contributed by atoms with Crippen molar-refractivity contribution in [3.63, 3.8) is 0 Å². The fraction of sp³-hybridized carbons (Fsp3) is 0.0909. The first kappa shape index (κ1) is 14.5. The van der Waals surface area contributed by atoms with Crippen LogP contribution in [-0.2, 0) is 0 Å². The molecule has 0 radical (unpaired) electrons. The van der Waals surface area contributed by atoms with Gasteiger partial charge in [0.1, 0.15) is 12.0 Å². The van der Waals surface area contributed by atoms with Gasteiger partial charge < -0.3 is 10.6 Å². The van der Waals surface area contributed by atoms with Gasteiger partial charge in [0.15, 0.2) is 11.6 Å². The van der Waals surface area contributed by atoms with Crippen molar-refractivity contribution in [1.29, 1.82) is 0 Å². The zero-order valence-electron chi connectivity index (χ0n) is 10.5. The number of rotatable bonds is 4. The van der Waals surface area contributed by atoms with E-state index >= 15 is 0 Å².